The highest BCUT2D eigenvalue weighted by Crippen LogP contribution is 2.50. The first-order valence-corrected chi connectivity index (χ1v) is 7.25. The Kier molecular flexibility index (Phi) is 3.59. The van der Waals surface area contributed by atoms with E-state index in [4.69, 9.17) is 4.74 Å². The Labute approximate surface area is 129 Å². The Balaban J connectivity index is 2.11. The molecule has 1 aliphatic rings. The molecule has 2 aromatic carbocycles. The molecule has 1 heterocycles. The zero-order valence-corrected chi connectivity index (χ0v) is 12.5. The van der Waals surface area contributed by atoms with Gasteiger partial charge >= 0.3 is 0 Å². The smallest absolute Gasteiger partial charge is 0.146 e. The van der Waals surface area contributed by atoms with Gasteiger partial charge in [0, 0.05) is 5.56 Å². The normalized spacial score (nSPS) is 23.5. The maximum atomic E-state index is 12.5. The Bertz CT molecular complexity index is 720. The van der Waals surface area contributed by atoms with E-state index in [1.165, 1.54) is 6.92 Å². The second-order valence-electron chi connectivity index (χ2n) is 5.66. The second-order valence-corrected chi connectivity index (χ2v) is 5.66. The minimum atomic E-state index is -1.16. The van der Waals surface area contributed by atoms with Gasteiger partial charge in [-0.25, -0.2) is 0 Å². The molecule has 0 saturated carbocycles. The molecule has 1 N–H and O–H groups in total. The van der Waals surface area contributed by atoms with Crippen LogP contribution in [0.2, 0.25) is 0 Å². The van der Waals surface area contributed by atoms with Crippen LogP contribution >= 0.6 is 0 Å². The molecular weight excluding hydrogens is 276 g/mol. The number of para-hydroxylation sites is 1. The number of fused-ring (bicyclic) bond motifs is 1. The molecule has 0 spiro atoms. The molecule has 0 fully saturated rings. The number of Topliss-reactive ketones (excluding diaryl/α,β-unsaturated/α-hetero) is 1. The van der Waals surface area contributed by atoms with Gasteiger partial charge in [0.2, 0.25) is 0 Å². The van der Waals surface area contributed by atoms with E-state index in [2.05, 4.69) is 6.58 Å². The van der Waals surface area contributed by atoms with Crippen LogP contribution in [0.15, 0.2) is 66.9 Å². The minimum Gasteiger partial charge on any atom is -0.461 e. The van der Waals surface area contributed by atoms with Gasteiger partial charge in [0.05, 0.1) is 0 Å². The lowest BCUT2D eigenvalue weighted by Gasteiger charge is -2.41. The van der Waals surface area contributed by atoms with Crippen LogP contribution in [0.5, 0.6) is 5.75 Å². The molecule has 1 aliphatic heterocycles. The van der Waals surface area contributed by atoms with Crippen molar-refractivity contribution in [3.63, 3.8) is 0 Å². The summed E-state index contributed by atoms with van der Waals surface area (Å²) in [5.41, 5.74) is 0.428. The number of ether oxygens (including phenoxy) is 1. The van der Waals surface area contributed by atoms with Crippen molar-refractivity contribution < 1.29 is 14.6 Å². The Morgan fingerprint density at radius 2 is 1.82 bits per heavy atom. The van der Waals surface area contributed by atoms with E-state index in [-0.39, 0.29) is 5.78 Å². The highest BCUT2D eigenvalue weighted by atomic mass is 16.5. The van der Waals surface area contributed by atoms with Crippen LogP contribution in [0, 0.1) is 5.41 Å². The Morgan fingerprint density at radius 1 is 1.18 bits per heavy atom. The van der Waals surface area contributed by atoms with Crippen molar-refractivity contribution in [3.05, 3.63) is 78.1 Å². The Hall–Kier alpha value is -2.39. The van der Waals surface area contributed by atoms with Gasteiger partial charge in [-0.2, -0.15) is 0 Å². The van der Waals surface area contributed by atoms with E-state index in [1.54, 1.807) is 12.1 Å². The average Bonchev–Trinajstić information content (AvgIpc) is 2.52. The van der Waals surface area contributed by atoms with E-state index < -0.39 is 11.5 Å². The summed E-state index contributed by atoms with van der Waals surface area (Å²) in [6, 6.07) is 16.8. The van der Waals surface area contributed by atoms with E-state index in [0.29, 0.717) is 23.5 Å². The third-order valence-corrected chi connectivity index (χ3v) is 4.37. The number of aliphatic hydroxyl groups is 1. The fourth-order valence-corrected chi connectivity index (χ4v) is 3.07. The maximum absolute atomic E-state index is 12.5. The van der Waals surface area contributed by atoms with Crippen LogP contribution in [0.4, 0.5) is 0 Å². The molecule has 112 valence electrons. The maximum Gasteiger partial charge on any atom is 0.146 e. The van der Waals surface area contributed by atoms with Crippen molar-refractivity contribution in [3.8, 4) is 5.75 Å². The average molecular weight is 294 g/mol. The number of benzene rings is 2. The third kappa shape index (κ3) is 2.14. The molecule has 2 atom stereocenters. The molecule has 3 nitrogen and oxygen atoms in total. The summed E-state index contributed by atoms with van der Waals surface area (Å²) >= 11 is 0. The van der Waals surface area contributed by atoms with Crippen molar-refractivity contribution in [2.24, 2.45) is 5.41 Å². The number of aliphatic hydroxyl groups excluding tert-OH is 1. The quantitative estimate of drug-likeness (QED) is 0.943. The molecule has 3 heteroatoms. The fraction of sp³-hybridized carbons (Fsp3) is 0.211. The highest BCUT2D eigenvalue weighted by molar-refractivity contribution is 5.87. The largest absolute Gasteiger partial charge is 0.461 e. The van der Waals surface area contributed by atoms with E-state index in [0.717, 1.165) is 5.56 Å². The topological polar surface area (TPSA) is 46.5 Å². The van der Waals surface area contributed by atoms with Crippen LogP contribution in [0.1, 0.15) is 24.2 Å². The highest BCUT2D eigenvalue weighted by Gasteiger charge is 2.51. The molecular formula is C19H18O3. The number of rotatable bonds is 3. The summed E-state index contributed by atoms with van der Waals surface area (Å²) < 4.78 is 5.78. The number of hydrogen-bond donors (Lipinski definition) is 1. The molecule has 2 aromatic rings. The Morgan fingerprint density at radius 3 is 2.50 bits per heavy atom. The molecule has 0 aliphatic carbocycles. The van der Waals surface area contributed by atoms with Gasteiger partial charge in [-0.3, -0.25) is 4.79 Å². The summed E-state index contributed by atoms with van der Waals surface area (Å²) in [5, 5.41) is 10.9. The summed E-state index contributed by atoms with van der Waals surface area (Å²) in [5.74, 6) is 0.711. The van der Waals surface area contributed by atoms with Gasteiger partial charge in [0.1, 0.15) is 28.8 Å². The first kappa shape index (κ1) is 14.5. The molecule has 0 bridgehead atoms. The van der Waals surface area contributed by atoms with Crippen molar-refractivity contribution in [1.29, 1.82) is 0 Å². The van der Waals surface area contributed by atoms with Crippen molar-refractivity contribution in [2.45, 2.75) is 19.4 Å². The van der Waals surface area contributed by atoms with Crippen LogP contribution in [0.3, 0.4) is 0 Å². The van der Waals surface area contributed by atoms with Gasteiger partial charge in [-0.05, 0) is 25.0 Å². The molecule has 0 amide bonds. The van der Waals surface area contributed by atoms with E-state index >= 15 is 0 Å². The number of ketones is 1. The molecule has 0 radical (unpaired) electrons. The van der Waals surface area contributed by atoms with E-state index in [9.17, 15) is 9.90 Å². The minimum absolute atomic E-state index is 0.150. The third-order valence-electron chi connectivity index (χ3n) is 4.37. The summed E-state index contributed by atoms with van der Waals surface area (Å²) in [6.45, 7) is 5.41. The molecule has 0 aromatic heterocycles. The van der Waals surface area contributed by atoms with Crippen LogP contribution < -0.4 is 4.74 Å². The summed E-state index contributed by atoms with van der Waals surface area (Å²) in [4.78, 5) is 12.5. The van der Waals surface area contributed by atoms with Gasteiger partial charge in [0.25, 0.3) is 0 Å². The predicted octanol–water partition coefficient (Wildman–Crippen LogP) is 3.44. The molecule has 0 saturated heterocycles. The van der Waals surface area contributed by atoms with Crippen LogP contribution in [-0.4, -0.2) is 10.9 Å². The van der Waals surface area contributed by atoms with Gasteiger partial charge < -0.3 is 9.84 Å². The monoisotopic (exact) mass is 294 g/mol. The standard InChI is InChI=1S/C19H18O3/c1-13(20)19(12-15-8-4-3-5-9-15)14(2)22-17-11-7-6-10-16(17)18(19)21/h3-11,18,21H,2,12H2,1H3. The van der Waals surface area contributed by atoms with Gasteiger partial charge in [0.15, 0.2) is 0 Å². The molecule has 22 heavy (non-hydrogen) atoms. The summed E-state index contributed by atoms with van der Waals surface area (Å²) in [6.07, 6.45) is -0.611. The van der Waals surface area contributed by atoms with Gasteiger partial charge in [-0.15, -0.1) is 0 Å². The van der Waals surface area contributed by atoms with Crippen molar-refractivity contribution in [2.75, 3.05) is 0 Å². The predicted molar refractivity (Wildman–Crippen MR) is 84.4 cm³/mol. The zero-order valence-electron chi connectivity index (χ0n) is 12.5. The van der Waals surface area contributed by atoms with Crippen LogP contribution in [0.25, 0.3) is 0 Å². The number of hydrogen-bond acceptors (Lipinski definition) is 3. The summed E-state index contributed by atoms with van der Waals surface area (Å²) in [7, 11) is 0. The van der Waals surface area contributed by atoms with Crippen LogP contribution in [-0.2, 0) is 11.2 Å². The first-order chi connectivity index (χ1) is 10.6. The lowest BCUT2D eigenvalue weighted by molar-refractivity contribution is -0.133. The molecule has 2 unspecified atom stereocenters. The number of carbonyl (C=O) groups is 1. The van der Waals surface area contributed by atoms with Crippen molar-refractivity contribution in [1.82, 2.24) is 0 Å². The second kappa shape index (κ2) is 5.43. The molecule has 3 rings (SSSR count). The van der Waals surface area contributed by atoms with Gasteiger partial charge in [-0.1, -0.05) is 55.1 Å². The number of carbonyl (C=O) groups excluding carboxylic acids is 1. The fourth-order valence-electron chi connectivity index (χ4n) is 3.07. The first-order valence-electron chi connectivity index (χ1n) is 7.25. The zero-order chi connectivity index (χ0) is 15.7. The lowest BCUT2D eigenvalue weighted by atomic mass is 9.69. The lowest BCUT2D eigenvalue weighted by Crippen LogP contribution is -2.44. The van der Waals surface area contributed by atoms with Crippen molar-refractivity contribution >= 4 is 5.78 Å². The SMILES string of the molecule is C=C1Oc2ccccc2C(O)C1(Cc1ccccc1)C(C)=O. The van der Waals surface area contributed by atoms with E-state index in [1.807, 2.05) is 42.5 Å².